The van der Waals surface area contributed by atoms with Crippen molar-refractivity contribution in [2.75, 3.05) is 14.2 Å². The number of hydrogen-bond donors (Lipinski definition) is 0. The van der Waals surface area contributed by atoms with E-state index in [9.17, 15) is 4.79 Å². The maximum Gasteiger partial charge on any atom is 0.158 e. The van der Waals surface area contributed by atoms with Crippen molar-refractivity contribution < 1.29 is 14.3 Å². The van der Waals surface area contributed by atoms with Gasteiger partial charge >= 0.3 is 0 Å². The van der Waals surface area contributed by atoms with E-state index < -0.39 is 0 Å². The molecule has 0 heterocycles. The molecule has 0 radical (unpaired) electrons. The molecule has 0 aromatic heterocycles. The van der Waals surface area contributed by atoms with Gasteiger partial charge in [-0.15, -0.1) is 0 Å². The molecular formula is C42H78O3. The Kier molecular flexibility index (Phi) is 24.3. The standard InChI is InChI=1S/C42H78O3/c1-34(22-15-24-36(3)25-17-27-38(5)29-19-32-41(7,8)44-11)20-13-14-21-35(2)23-16-26-37(4)28-18-30-39(6)40(43)31-33-42(9,10)45-12/h13,20,27,30,34-37H,14-19,21-26,28-29,31-33H2,1-12H3/b20-13+,38-27+,39-30+. The van der Waals surface area contributed by atoms with Crippen molar-refractivity contribution in [1.82, 2.24) is 0 Å². The van der Waals surface area contributed by atoms with E-state index in [1.807, 2.05) is 27.9 Å². The molecule has 3 heteroatoms. The van der Waals surface area contributed by atoms with Gasteiger partial charge in [0, 0.05) is 20.6 Å². The van der Waals surface area contributed by atoms with Crippen LogP contribution in [-0.2, 0) is 14.3 Å². The fourth-order valence-electron chi connectivity index (χ4n) is 5.86. The minimum atomic E-state index is -0.227. The molecule has 3 nitrogen and oxygen atoms in total. The second-order valence-corrected chi connectivity index (χ2v) is 16.0. The van der Waals surface area contributed by atoms with Crippen molar-refractivity contribution in [2.45, 2.75) is 190 Å². The molecule has 0 aliphatic carbocycles. The highest BCUT2D eigenvalue weighted by Crippen LogP contribution is 2.23. The zero-order valence-corrected chi connectivity index (χ0v) is 32.4. The number of rotatable bonds is 28. The second kappa shape index (κ2) is 24.9. The first-order valence-electron chi connectivity index (χ1n) is 18.7. The topological polar surface area (TPSA) is 35.5 Å². The minimum absolute atomic E-state index is 0.00505. The average Bonchev–Trinajstić information content (AvgIpc) is 2.98. The van der Waals surface area contributed by atoms with Gasteiger partial charge in [-0.05, 0) is 141 Å². The van der Waals surface area contributed by atoms with E-state index in [4.69, 9.17) is 9.47 Å². The number of methoxy groups -OCH3 is 2. The van der Waals surface area contributed by atoms with E-state index in [1.165, 1.54) is 83.5 Å². The van der Waals surface area contributed by atoms with Gasteiger partial charge in [-0.3, -0.25) is 4.79 Å². The molecule has 0 aromatic rings. The lowest BCUT2D eigenvalue weighted by Gasteiger charge is -2.22. The van der Waals surface area contributed by atoms with Crippen molar-refractivity contribution >= 4 is 5.78 Å². The molecule has 0 saturated carbocycles. The van der Waals surface area contributed by atoms with Crippen molar-refractivity contribution in [3.63, 3.8) is 0 Å². The van der Waals surface area contributed by atoms with Crippen molar-refractivity contribution in [2.24, 2.45) is 23.7 Å². The van der Waals surface area contributed by atoms with Crippen LogP contribution in [0.15, 0.2) is 35.5 Å². The van der Waals surface area contributed by atoms with Gasteiger partial charge in [0.1, 0.15) is 0 Å². The Labute approximate surface area is 282 Å². The first-order chi connectivity index (χ1) is 21.1. The summed E-state index contributed by atoms with van der Waals surface area (Å²) in [6.07, 6.45) is 29.6. The fraction of sp³-hybridized carbons (Fsp3) is 0.833. The Morgan fingerprint density at radius 1 is 0.622 bits per heavy atom. The van der Waals surface area contributed by atoms with E-state index in [1.54, 1.807) is 12.7 Å². The van der Waals surface area contributed by atoms with Crippen LogP contribution in [0.2, 0.25) is 0 Å². The molecule has 0 rings (SSSR count). The van der Waals surface area contributed by atoms with Crippen molar-refractivity contribution in [3.8, 4) is 0 Å². The van der Waals surface area contributed by atoms with Crippen LogP contribution in [0.4, 0.5) is 0 Å². The van der Waals surface area contributed by atoms with Crippen molar-refractivity contribution in [3.05, 3.63) is 35.5 Å². The Morgan fingerprint density at radius 3 is 1.67 bits per heavy atom. The molecule has 0 fully saturated rings. The number of carbonyl (C=O) groups is 1. The van der Waals surface area contributed by atoms with Gasteiger partial charge in [0.15, 0.2) is 5.78 Å². The van der Waals surface area contributed by atoms with E-state index in [-0.39, 0.29) is 17.0 Å². The number of ether oxygens (including phenoxy) is 2. The monoisotopic (exact) mass is 631 g/mol. The molecule has 0 N–H and O–H groups in total. The molecule has 4 atom stereocenters. The number of carbonyl (C=O) groups excluding carboxylic acids is 1. The molecule has 264 valence electrons. The number of allylic oxidation sites excluding steroid dienone is 6. The van der Waals surface area contributed by atoms with Gasteiger partial charge < -0.3 is 9.47 Å². The van der Waals surface area contributed by atoms with Gasteiger partial charge in [-0.25, -0.2) is 0 Å². The lowest BCUT2D eigenvalue weighted by atomic mass is 9.92. The Hall–Kier alpha value is -1.19. The quantitative estimate of drug-likeness (QED) is 0.0637. The largest absolute Gasteiger partial charge is 0.379 e. The van der Waals surface area contributed by atoms with Gasteiger partial charge in [0.05, 0.1) is 11.2 Å². The lowest BCUT2D eigenvalue weighted by molar-refractivity contribution is -0.116. The maximum absolute atomic E-state index is 12.4. The molecular weight excluding hydrogens is 552 g/mol. The number of hydrogen-bond acceptors (Lipinski definition) is 3. The van der Waals surface area contributed by atoms with E-state index in [2.05, 4.69) is 72.8 Å². The normalized spacial score (nSPS) is 16.3. The third kappa shape index (κ3) is 25.6. The predicted octanol–water partition coefficient (Wildman–Crippen LogP) is 13.0. The summed E-state index contributed by atoms with van der Waals surface area (Å²) in [5.41, 5.74) is 2.24. The number of Topliss-reactive ketones (excluding diaryl/α,β-unsaturated/α-hetero) is 1. The Morgan fingerprint density at radius 2 is 1.11 bits per heavy atom. The summed E-state index contributed by atoms with van der Waals surface area (Å²) < 4.78 is 11.0. The van der Waals surface area contributed by atoms with Crippen LogP contribution in [0.1, 0.15) is 178 Å². The van der Waals surface area contributed by atoms with Crippen LogP contribution in [0.3, 0.4) is 0 Å². The zero-order chi connectivity index (χ0) is 34.3. The van der Waals surface area contributed by atoms with Crippen LogP contribution in [0.25, 0.3) is 0 Å². The summed E-state index contributed by atoms with van der Waals surface area (Å²) in [7, 11) is 3.53. The molecule has 0 aliphatic heterocycles. The van der Waals surface area contributed by atoms with Gasteiger partial charge in [-0.2, -0.15) is 0 Å². The van der Waals surface area contributed by atoms with Crippen LogP contribution in [-0.4, -0.2) is 31.2 Å². The highest BCUT2D eigenvalue weighted by molar-refractivity contribution is 5.94. The Balaban J connectivity index is 3.97. The molecule has 0 amide bonds. The molecule has 0 aliphatic rings. The van der Waals surface area contributed by atoms with Gasteiger partial charge in [-0.1, -0.05) is 89.7 Å². The first kappa shape index (κ1) is 43.8. The molecule has 0 spiro atoms. The lowest BCUT2D eigenvalue weighted by Crippen LogP contribution is -2.23. The Bertz CT molecular complexity index is 846. The summed E-state index contributed by atoms with van der Waals surface area (Å²) >= 11 is 0. The molecule has 4 unspecified atom stereocenters. The van der Waals surface area contributed by atoms with Crippen LogP contribution in [0, 0.1) is 23.7 Å². The third-order valence-electron chi connectivity index (χ3n) is 10.2. The van der Waals surface area contributed by atoms with Crippen LogP contribution < -0.4 is 0 Å². The zero-order valence-electron chi connectivity index (χ0n) is 32.4. The maximum atomic E-state index is 12.4. The highest BCUT2D eigenvalue weighted by atomic mass is 16.5. The van der Waals surface area contributed by atoms with E-state index >= 15 is 0 Å². The predicted molar refractivity (Wildman–Crippen MR) is 199 cm³/mol. The van der Waals surface area contributed by atoms with Crippen molar-refractivity contribution in [1.29, 1.82) is 0 Å². The minimum Gasteiger partial charge on any atom is -0.379 e. The second-order valence-electron chi connectivity index (χ2n) is 16.0. The summed E-state index contributed by atoms with van der Waals surface area (Å²) in [6.45, 7) is 22.3. The van der Waals surface area contributed by atoms with E-state index in [0.717, 1.165) is 42.6 Å². The van der Waals surface area contributed by atoms with Crippen LogP contribution in [0.5, 0.6) is 0 Å². The SMILES string of the molecule is COC(C)(C)CCC/C(C)=C/CCC(C)CCCC(C)/C=C/CCC(C)CCCC(C)CC/C=C(\C)C(=O)CCC(C)(C)OC. The number of ketones is 1. The summed E-state index contributed by atoms with van der Waals surface area (Å²) in [5.74, 6) is 3.28. The molecule has 0 bridgehead atoms. The summed E-state index contributed by atoms with van der Waals surface area (Å²) in [4.78, 5) is 12.4. The van der Waals surface area contributed by atoms with Crippen LogP contribution >= 0.6 is 0 Å². The van der Waals surface area contributed by atoms with E-state index in [0.29, 0.717) is 12.3 Å². The molecule has 0 aromatic carbocycles. The highest BCUT2D eigenvalue weighted by Gasteiger charge is 2.18. The average molecular weight is 631 g/mol. The smallest absolute Gasteiger partial charge is 0.158 e. The first-order valence-corrected chi connectivity index (χ1v) is 18.7. The summed E-state index contributed by atoms with van der Waals surface area (Å²) in [5, 5.41) is 0. The molecule has 45 heavy (non-hydrogen) atoms. The summed E-state index contributed by atoms with van der Waals surface area (Å²) in [6, 6.07) is 0. The molecule has 0 saturated heterocycles. The van der Waals surface area contributed by atoms with Gasteiger partial charge in [0.25, 0.3) is 0 Å². The third-order valence-corrected chi connectivity index (χ3v) is 10.2. The van der Waals surface area contributed by atoms with Gasteiger partial charge in [0.2, 0.25) is 0 Å². The fourth-order valence-corrected chi connectivity index (χ4v) is 5.86.